The van der Waals surface area contributed by atoms with Crippen LogP contribution in [-0.2, 0) is 9.53 Å². The van der Waals surface area contributed by atoms with E-state index in [1.165, 1.54) is 12.8 Å². The van der Waals surface area contributed by atoms with Crippen LogP contribution in [0.15, 0.2) is 24.5 Å². The molecule has 2 atom stereocenters. The van der Waals surface area contributed by atoms with Crippen molar-refractivity contribution in [3.63, 3.8) is 0 Å². The maximum absolute atomic E-state index is 12.6. The van der Waals surface area contributed by atoms with Gasteiger partial charge in [0.25, 0.3) is 0 Å². The molecule has 0 bridgehead atoms. The summed E-state index contributed by atoms with van der Waals surface area (Å²) in [4.78, 5) is 18.8. The second-order valence-corrected chi connectivity index (χ2v) is 7.55. The lowest BCUT2D eigenvalue weighted by Gasteiger charge is -2.50. The van der Waals surface area contributed by atoms with Crippen LogP contribution in [-0.4, -0.2) is 48.2 Å². The van der Waals surface area contributed by atoms with Crippen molar-refractivity contribution in [3.05, 3.63) is 24.5 Å². The van der Waals surface area contributed by atoms with Gasteiger partial charge in [-0.05, 0) is 50.2 Å². The van der Waals surface area contributed by atoms with Gasteiger partial charge in [-0.2, -0.15) is 0 Å². The third-order valence-corrected chi connectivity index (χ3v) is 5.66. The van der Waals surface area contributed by atoms with Crippen molar-refractivity contribution >= 4 is 5.91 Å². The van der Waals surface area contributed by atoms with Crippen molar-refractivity contribution in [1.82, 2.24) is 9.88 Å². The van der Waals surface area contributed by atoms with Gasteiger partial charge in [0.1, 0.15) is 5.75 Å². The van der Waals surface area contributed by atoms with Crippen molar-refractivity contribution < 1.29 is 14.3 Å². The first-order valence-electron chi connectivity index (χ1n) is 9.17. The Hall–Kier alpha value is -1.62. The molecule has 3 heterocycles. The quantitative estimate of drug-likeness (QED) is 0.833. The fraction of sp³-hybridized carbons (Fsp3) is 0.684. The minimum absolute atomic E-state index is 0.0778. The van der Waals surface area contributed by atoms with Gasteiger partial charge >= 0.3 is 0 Å². The molecule has 3 aliphatic rings. The van der Waals surface area contributed by atoms with Gasteiger partial charge in [-0.1, -0.05) is 0 Å². The van der Waals surface area contributed by atoms with Crippen LogP contribution in [0, 0.1) is 11.3 Å². The molecule has 2 aliphatic heterocycles. The van der Waals surface area contributed by atoms with Gasteiger partial charge in [0, 0.05) is 37.7 Å². The van der Waals surface area contributed by atoms with Gasteiger partial charge in [0.15, 0.2) is 0 Å². The topological polar surface area (TPSA) is 51.7 Å². The summed E-state index contributed by atoms with van der Waals surface area (Å²) in [6.45, 7) is 3.01. The lowest BCUT2D eigenvalue weighted by molar-refractivity contribution is -0.158. The van der Waals surface area contributed by atoms with Crippen LogP contribution in [0.3, 0.4) is 0 Å². The smallest absolute Gasteiger partial charge is 0.222 e. The summed E-state index contributed by atoms with van der Waals surface area (Å²) in [5.74, 6) is 1.75. The summed E-state index contributed by atoms with van der Waals surface area (Å²) in [6.07, 6.45) is 9.89. The van der Waals surface area contributed by atoms with Crippen molar-refractivity contribution in [1.29, 1.82) is 0 Å². The Morgan fingerprint density at radius 2 is 2.33 bits per heavy atom. The Morgan fingerprint density at radius 1 is 1.42 bits per heavy atom. The number of carbonyl (C=O) groups is 1. The first-order chi connectivity index (χ1) is 11.8. The zero-order valence-electron chi connectivity index (χ0n) is 14.2. The summed E-state index contributed by atoms with van der Waals surface area (Å²) in [6, 6.07) is 3.81. The Kier molecular flexibility index (Phi) is 4.44. The molecule has 1 aliphatic carbocycles. The average molecular weight is 330 g/mol. The molecule has 0 N–H and O–H groups in total. The fourth-order valence-electron chi connectivity index (χ4n) is 4.07. The summed E-state index contributed by atoms with van der Waals surface area (Å²) in [5, 5.41) is 0. The van der Waals surface area contributed by atoms with Gasteiger partial charge in [-0.25, -0.2) is 0 Å². The van der Waals surface area contributed by atoms with Gasteiger partial charge in [-0.15, -0.1) is 0 Å². The lowest BCUT2D eigenvalue weighted by Crippen LogP contribution is -2.58. The number of carbonyl (C=O) groups excluding carboxylic acids is 1. The summed E-state index contributed by atoms with van der Waals surface area (Å²) >= 11 is 0. The zero-order valence-corrected chi connectivity index (χ0v) is 14.2. The van der Waals surface area contributed by atoms with E-state index in [0.717, 1.165) is 51.1 Å². The molecule has 1 saturated carbocycles. The summed E-state index contributed by atoms with van der Waals surface area (Å²) < 4.78 is 12.1. The van der Waals surface area contributed by atoms with E-state index in [0.29, 0.717) is 18.4 Å². The number of piperidine rings is 1. The maximum Gasteiger partial charge on any atom is 0.222 e. The predicted octanol–water partition coefficient (Wildman–Crippen LogP) is 2.66. The third-order valence-electron chi connectivity index (χ3n) is 5.66. The number of nitrogens with zero attached hydrogens (tertiary/aromatic N) is 2. The van der Waals surface area contributed by atoms with Crippen LogP contribution in [0.1, 0.15) is 38.5 Å². The monoisotopic (exact) mass is 330 g/mol. The van der Waals surface area contributed by atoms with Crippen LogP contribution in [0.5, 0.6) is 5.75 Å². The number of likely N-dealkylation sites (tertiary alicyclic amines) is 1. The van der Waals surface area contributed by atoms with E-state index < -0.39 is 0 Å². The van der Waals surface area contributed by atoms with E-state index >= 15 is 0 Å². The fourth-order valence-corrected chi connectivity index (χ4v) is 4.07. The Balaban J connectivity index is 1.45. The lowest BCUT2D eigenvalue weighted by atomic mass is 9.73. The van der Waals surface area contributed by atoms with Gasteiger partial charge in [0.05, 0.1) is 18.9 Å². The molecule has 0 spiro atoms. The Labute approximate surface area is 143 Å². The molecule has 0 radical (unpaired) electrons. The zero-order chi connectivity index (χ0) is 16.4. The van der Waals surface area contributed by atoms with Crippen LogP contribution < -0.4 is 4.74 Å². The maximum atomic E-state index is 12.6. The number of rotatable bonds is 5. The molecule has 130 valence electrons. The first kappa shape index (κ1) is 15.9. The molecule has 2 saturated heterocycles. The van der Waals surface area contributed by atoms with E-state index in [-0.39, 0.29) is 11.5 Å². The van der Waals surface area contributed by atoms with Crippen LogP contribution in [0.4, 0.5) is 0 Å². The van der Waals surface area contributed by atoms with E-state index in [1.807, 2.05) is 12.1 Å². The van der Waals surface area contributed by atoms with Crippen LogP contribution in [0.2, 0.25) is 0 Å². The number of hydrogen-bond donors (Lipinski definition) is 0. The summed E-state index contributed by atoms with van der Waals surface area (Å²) in [7, 11) is 0. The highest BCUT2D eigenvalue weighted by molar-refractivity contribution is 5.77. The molecule has 5 nitrogen and oxygen atoms in total. The largest absolute Gasteiger partial charge is 0.491 e. The standard InChI is InChI=1S/C19H26N2O3/c22-18(11-15-4-5-15)21-9-6-17-19(13-21,7-2-10-23-17)14-24-16-3-1-8-20-12-16/h1,3,8,12,15,17H,2,4-7,9-11,13-14H2/t17-,19+/m1/s1. The molecular formula is C19H26N2O3. The van der Waals surface area contributed by atoms with Gasteiger partial charge in [0.2, 0.25) is 5.91 Å². The van der Waals surface area contributed by atoms with Crippen molar-refractivity contribution in [3.8, 4) is 5.75 Å². The molecule has 0 unspecified atom stereocenters. The second-order valence-electron chi connectivity index (χ2n) is 7.55. The number of ether oxygens (including phenoxy) is 2. The van der Waals surface area contributed by atoms with Gasteiger partial charge in [-0.3, -0.25) is 9.78 Å². The van der Waals surface area contributed by atoms with Crippen LogP contribution >= 0.6 is 0 Å². The first-order valence-corrected chi connectivity index (χ1v) is 9.17. The number of aromatic nitrogens is 1. The third kappa shape index (κ3) is 3.41. The Morgan fingerprint density at radius 3 is 3.12 bits per heavy atom. The molecule has 1 aromatic heterocycles. The molecule has 4 rings (SSSR count). The van der Waals surface area contributed by atoms with Crippen molar-refractivity contribution in [2.45, 2.75) is 44.6 Å². The molecular weight excluding hydrogens is 304 g/mol. The minimum Gasteiger partial charge on any atom is -0.491 e. The molecule has 0 aromatic carbocycles. The second kappa shape index (κ2) is 6.71. The number of amides is 1. The SMILES string of the molecule is O=C(CC1CC1)N1CC[C@H]2OCCC[C@@]2(COc2cccnc2)C1. The molecule has 1 amide bonds. The highest BCUT2D eigenvalue weighted by atomic mass is 16.5. The molecule has 24 heavy (non-hydrogen) atoms. The molecule has 3 fully saturated rings. The Bertz CT molecular complexity index is 575. The van der Waals surface area contributed by atoms with Crippen LogP contribution in [0.25, 0.3) is 0 Å². The summed E-state index contributed by atoms with van der Waals surface area (Å²) in [5.41, 5.74) is -0.0778. The normalized spacial score (nSPS) is 29.8. The van der Waals surface area contributed by atoms with E-state index in [2.05, 4.69) is 9.88 Å². The van der Waals surface area contributed by atoms with Crippen molar-refractivity contribution in [2.75, 3.05) is 26.3 Å². The molecule has 1 aromatic rings. The number of fused-ring (bicyclic) bond motifs is 1. The van der Waals surface area contributed by atoms with E-state index in [4.69, 9.17) is 9.47 Å². The minimum atomic E-state index is -0.0778. The average Bonchev–Trinajstić information content (AvgIpc) is 3.44. The predicted molar refractivity (Wildman–Crippen MR) is 89.7 cm³/mol. The van der Waals surface area contributed by atoms with Crippen molar-refractivity contribution in [2.24, 2.45) is 11.3 Å². The number of hydrogen-bond acceptors (Lipinski definition) is 4. The van der Waals surface area contributed by atoms with Gasteiger partial charge < -0.3 is 14.4 Å². The highest BCUT2D eigenvalue weighted by Gasteiger charge is 2.48. The van der Waals surface area contributed by atoms with E-state index in [9.17, 15) is 4.79 Å². The van der Waals surface area contributed by atoms with E-state index in [1.54, 1.807) is 12.4 Å². The highest BCUT2D eigenvalue weighted by Crippen LogP contribution is 2.41. The number of pyridine rings is 1. The molecule has 5 heteroatoms.